The van der Waals surface area contributed by atoms with E-state index in [9.17, 15) is 9.59 Å². The minimum absolute atomic E-state index is 0.0824. The summed E-state index contributed by atoms with van der Waals surface area (Å²) in [7, 11) is 0. The molecule has 0 saturated carbocycles. The first-order chi connectivity index (χ1) is 15.1. The number of amides is 2. The van der Waals surface area contributed by atoms with Gasteiger partial charge in [-0.05, 0) is 35.9 Å². The molecule has 2 N–H and O–H groups in total. The van der Waals surface area contributed by atoms with Crippen molar-refractivity contribution in [1.82, 2.24) is 20.7 Å². The fourth-order valence-corrected chi connectivity index (χ4v) is 5.14. The van der Waals surface area contributed by atoms with Crippen LogP contribution < -0.4 is 10.9 Å². The third-order valence-electron chi connectivity index (χ3n) is 6.22. The van der Waals surface area contributed by atoms with Gasteiger partial charge in [0.2, 0.25) is 11.8 Å². The Balaban J connectivity index is 1.51. The number of benzene rings is 1. The first kappa shape index (κ1) is 21.7. The molecule has 0 radical (unpaired) electrons. The molecule has 2 saturated heterocycles. The van der Waals surface area contributed by atoms with Crippen LogP contribution in [0.2, 0.25) is 0 Å². The Labute approximate surface area is 187 Å². The SMILES string of the molecule is C=CCN1CCN(C(=O)C2CNNC2C)CC(Cc2ccc(-c3cccs3)cc2)C1=O. The van der Waals surface area contributed by atoms with Crippen LogP contribution in [0.1, 0.15) is 12.5 Å². The molecule has 6 nitrogen and oxygen atoms in total. The van der Waals surface area contributed by atoms with E-state index in [1.54, 1.807) is 17.4 Å². The van der Waals surface area contributed by atoms with E-state index in [4.69, 9.17) is 0 Å². The molecule has 2 fully saturated rings. The molecule has 2 aliphatic rings. The van der Waals surface area contributed by atoms with Gasteiger partial charge in [-0.25, -0.2) is 0 Å². The van der Waals surface area contributed by atoms with Gasteiger partial charge in [0.15, 0.2) is 0 Å². The Morgan fingerprint density at radius 3 is 2.71 bits per heavy atom. The van der Waals surface area contributed by atoms with Gasteiger partial charge in [0.05, 0.1) is 11.8 Å². The van der Waals surface area contributed by atoms with Crippen molar-refractivity contribution in [2.45, 2.75) is 19.4 Å². The van der Waals surface area contributed by atoms with Crippen LogP contribution in [0.25, 0.3) is 10.4 Å². The molecule has 7 heteroatoms. The van der Waals surface area contributed by atoms with Gasteiger partial charge in [0.1, 0.15) is 0 Å². The molecule has 3 atom stereocenters. The van der Waals surface area contributed by atoms with Crippen LogP contribution >= 0.6 is 11.3 Å². The average Bonchev–Trinajstić information content (AvgIpc) is 3.43. The first-order valence-electron chi connectivity index (χ1n) is 10.9. The monoisotopic (exact) mass is 438 g/mol. The second-order valence-electron chi connectivity index (χ2n) is 8.35. The normalized spacial score (nSPS) is 24.3. The molecule has 3 unspecified atom stereocenters. The van der Waals surface area contributed by atoms with E-state index in [-0.39, 0.29) is 29.7 Å². The van der Waals surface area contributed by atoms with E-state index in [0.29, 0.717) is 39.1 Å². The van der Waals surface area contributed by atoms with Gasteiger partial charge in [0.25, 0.3) is 0 Å². The zero-order valence-corrected chi connectivity index (χ0v) is 18.7. The number of rotatable bonds is 6. The van der Waals surface area contributed by atoms with Crippen LogP contribution in [0.15, 0.2) is 54.4 Å². The molecule has 1 aromatic heterocycles. The molecule has 0 bridgehead atoms. The van der Waals surface area contributed by atoms with E-state index in [1.165, 1.54) is 10.4 Å². The van der Waals surface area contributed by atoms with Crippen molar-refractivity contribution in [2.24, 2.45) is 11.8 Å². The summed E-state index contributed by atoms with van der Waals surface area (Å²) < 4.78 is 0. The number of nitrogens with zero attached hydrogens (tertiary/aromatic N) is 2. The molecule has 2 amide bonds. The quantitative estimate of drug-likeness (QED) is 0.681. The van der Waals surface area contributed by atoms with Crippen molar-refractivity contribution in [1.29, 1.82) is 0 Å². The third kappa shape index (κ3) is 4.89. The minimum atomic E-state index is -0.253. The highest BCUT2D eigenvalue weighted by atomic mass is 32.1. The maximum atomic E-state index is 13.3. The van der Waals surface area contributed by atoms with Gasteiger partial charge in [-0.1, -0.05) is 36.4 Å². The number of hydrogen-bond acceptors (Lipinski definition) is 5. The van der Waals surface area contributed by atoms with Crippen LogP contribution in [0.5, 0.6) is 0 Å². The first-order valence-corrected chi connectivity index (χ1v) is 11.7. The predicted molar refractivity (Wildman–Crippen MR) is 124 cm³/mol. The largest absolute Gasteiger partial charge is 0.340 e. The van der Waals surface area contributed by atoms with Gasteiger partial charge in [-0.15, -0.1) is 17.9 Å². The highest BCUT2D eigenvalue weighted by Crippen LogP contribution is 2.26. The molecular weight excluding hydrogens is 408 g/mol. The minimum Gasteiger partial charge on any atom is -0.340 e. The summed E-state index contributed by atoms with van der Waals surface area (Å²) in [4.78, 5) is 31.4. The lowest BCUT2D eigenvalue weighted by atomic mass is 9.95. The van der Waals surface area contributed by atoms with Crippen molar-refractivity contribution >= 4 is 23.2 Å². The molecular formula is C24H30N4O2S. The second kappa shape index (κ2) is 9.77. The van der Waals surface area contributed by atoms with Gasteiger partial charge in [0, 0.05) is 43.6 Å². The topological polar surface area (TPSA) is 64.7 Å². The number of carbonyl (C=O) groups is 2. The standard InChI is InChI=1S/C24H30N4O2S/c1-3-10-27-11-12-28(24(30)21-15-25-26-17(21)2)16-20(23(27)29)14-18-6-8-19(9-7-18)22-5-4-13-31-22/h3-9,13,17,20-21,25-26H,1,10-12,14-16H2,2H3. The summed E-state index contributed by atoms with van der Waals surface area (Å²) in [5, 5.41) is 2.07. The Kier molecular flexibility index (Phi) is 6.85. The Morgan fingerprint density at radius 2 is 2.06 bits per heavy atom. The van der Waals surface area contributed by atoms with Crippen LogP contribution in [0, 0.1) is 11.8 Å². The zero-order valence-electron chi connectivity index (χ0n) is 17.9. The number of thiophene rings is 1. The van der Waals surface area contributed by atoms with Gasteiger partial charge in [-0.2, -0.15) is 0 Å². The lowest BCUT2D eigenvalue weighted by molar-refractivity contribution is -0.136. The van der Waals surface area contributed by atoms with E-state index >= 15 is 0 Å². The second-order valence-corrected chi connectivity index (χ2v) is 9.30. The maximum Gasteiger partial charge on any atom is 0.228 e. The van der Waals surface area contributed by atoms with Crippen LogP contribution in [0.4, 0.5) is 0 Å². The Morgan fingerprint density at radius 1 is 1.26 bits per heavy atom. The van der Waals surface area contributed by atoms with Crippen molar-refractivity contribution in [3.05, 3.63) is 60.0 Å². The van der Waals surface area contributed by atoms with Crippen LogP contribution in [-0.4, -0.2) is 60.4 Å². The summed E-state index contributed by atoms with van der Waals surface area (Å²) >= 11 is 1.72. The third-order valence-corrected chi connectivity index (χ3v) is 7.14. The molecule has 2 aliphatic heterocycles. The van der Waals surface area contributed by atoms with Crippen molar-refractivity contribution < 1.29 is 9.59 Å². The van der Waals surface area contributed by atoms with Crippen molar-refractivity contribution in [3.63, 3.8) is 0 Å². The Hall–Kier alpha value is -2.48. The number of nitrogens with one attached hydrogen (secondary N) is 2. The lowest BCUT2D eigenvalue weighted by Gasteiger charge is -2.27. The molecule has 0 spiro atoms. The molecule has 4 rings (SSSR count). The predicted octanol–water partition coefficient (Wildman–Crippen LogP) is 2.54. The van der Waals surface area contributed by atoms with Gasteiger partial charge >= 0.3 is 0 Å². The van der Waals surface area contributed by atoms with E-state index in [1.807, 2.05) is 22.8 Å². The summed E-state index contributed by atoms with van der Waals surface area (Å²) in [6.07, 6.45) is 2.38. The Bertz CT molecular complexity index is 912. The van der Waals surface area contributed by atoms with Crippen LogP contribution in [-0.2, 0) is 16.0 Å². The molecule has 0 aliphatic carbocycles. The molecule has 164 valence electrons. The van der Waals surface area contributed by atoms with Crippen molar-refractivity contribution in [3.8, 4) is 10.4 Å². The number of carbonyl (C=O) groups excluding carboxylic acids is 2. The highest BCUT2D eigenvalue weighted by molar-refractivity contribution is 7.13. The van der Waals surface area contributed by atoms with Gasteiger partial charge in [-0.3, -0.25) is 20.4 Å². The van der Waals surface area contributed by atoms with Gasteiger partial charge < -0.3 is 9.80 Å². The summed E-state index contributed by atoms with van der Waals surface area (Å²) in [6.45, 7) is 8.52. The van der Waals surface area contributed by atoms with Crippen LogP contribution in [0.3, 0.4) is 0 Å². The fraction of sp³-hybridized carbons (Fsp3) is 0.417. The fourth-order valence-electron chi connectivity index (χ4n) is 4.41. The smallest absolute Gasteiger partial charge is 0.228 e. The van der Waals surface area contributed by atoms with E-state index in [0.717, 1.165) is 5.56 Å². The molecule has 2 aromatic rings. The molecule has 3 heterocycles. The van der Waals surface area contributed by atoms with Crippen molar-refractivity contribution in [2.75, 3.05) is 32.7 Å². The summed E-state index contributed by atoms with van der Waals surface area (Å²) in [5.74, 6) is -0.132. The molecule has 31 heavy (non-hydrogen) atoms. The summed E-state index contributed by atoms with van der Waals surface area (Å²) in [5.41, 5.74) is 8.50. The van der Waals surface area contributed by atoms with E-state index in [2.05, 4.69) is 53.1 Å². The lowest BCUT2D eigenvalue weighted by Crippen LogP contribution is -2.44. The average molecular weight is 439 g/mol. The summed E-state index contributed by atoms with van der Waals surface area (Å²) in [6, 6.07) is 12.7. The maximum absolute atomic E-state index is 13.3. The zero-order chi connectivity index (χ0) is 21.8. The number of hydrogen-bond donors (Lipinski definition) is 2. The van der Waals surface area contributed by atoms with E-state index < -0.39 is 0 Å². The highest BCUT2D eigenvalue weighted by Gasteiger charge is 2.37. The number of hydrazine groups is 1. The molecule has 1 aromatic carbocycles.